The second-order valence-corrected chi connectivity index (χ2v) is 15.5. The molecule has 0 amide bonds. The molecule has 52 heavy (non-hydrogen) atoms. The predicted molar refractivity (Wildman–Crippen MR) is 220 cm³/mol. The molecule has 1 N–H and O–H groups in total. The summed E-state index contributed by atoms with van der Waals surface area (Å²) in [5.41, 5.74) is 0. The fraction of sp³-hybridized carbons (Fsp3) is 0.956. The minimum absolute atomic E-state index is 0.00440. The maximum Gasteiger partial charge on any atom is 0.306 e. The molecule has 0 aliphatic heterocycles. The topological polar surface area (TPSA) is 85.3 Å². The van der Waals surface area contributed by atoms with Gasteiger partial charge in [0.15, 0.2) is 0 Å². The third kappa shape index (κ3) is 37.1. The molecule has 0 aliphatic rings. The Bertz CT molecular complexity index is 733. The van der Waals surface area contributed by atoms with Crippen LogP contribution in [0.5, 0.6) is 0 Å². The van der Waals surface area contributed by atoms with Crippen molar-refractivity contribution in [3.05, 3.63) is 0 Å². The summed E-state index contributed by atoms with van der Waals surface area (Å²) in [5.74, 6) is -0.0604. The largest absolute Gasteiger partial charge is 0.463 e. The Morgan fingerprint density at radius 2 is 0.923 bits per heavy atom. The Balaban J connectivity index is 4.01. The number of esters is 2. The number of unbranched alkanes of at least 4 members (excludes halogenated alkanes) is 21. The van der Waals surface area contributed by atoms with E-state index in [0.717, 1.165) is 110 Å². The van der Waals surface area contributed by atoms with Crippen LogP contribution >= 0.6 is 0 Å². The molecule has 0 aromatic rings. The molecule has 0 aromatic heterocycles. The fourth-order valence-corrected chi connectivity index (χ4v) is 7.03. The first-order valence-corrected chi connectivity index (χ1v) is 22.8. The summed E-state index contributed by atoms with van der Waals surface area (Å²) in [7, 11) is 0. The lowest BCUT2D eigenvalue weighted by molar-refractivity contribution is -0.150. The molecule has 0 aliphatic carbocycles. The lowest BCUT2D eigenvalue weighted by Crippen LogP contribution is -2.29. The summed E-state index contributed by atoms with van der Waals surface area (Å²) in [6, 6.07) is 0. The molecule has 7 heteroatoms. The van der Waals surface area contributed by atoms with Crippen LogP contribution in [0.3, 0.4) is 0 Å². The van der Waals surface area contributed by atoms with Gasteiger partial charge in [-0.2, -0.15) is 0 Å². The van der Waals surface area contributed by atoms with Crippen LogP contribution in [0.25, 0.3) is 0 Å². The van der Waals surface area contributed by atoms with Crippen LogP contribution in [0.2, 0.25) is 0 Å². The molecule has 0 spiro atoms. The second-order valence-electron chi connectivity index (χ2n) is 15.5. The zero-order chi connectivity index (χ0) is 38.2. The number of carbonyl (C=O) groups is 2. The SMILES string of the molecule is CCCCCCCCC(CCCCCCCC)OC(=O)CCCCCCCN(CCO)CCCCCC(=O)OC(C)CCCCCCCCOCC. The van der Waals surface area contributed by atoms with E-state index in [-0.39, 0.29) is 30.8 Å². The monoisotopic (exact) mass is 740 g/mol. The average molecular weight is 740 g/mol. The van der Waals surface area contributed by atoms with Crippen molar-refractivity contribution in [2.45, 2.75) is 239 Å². The zero-order valence-corrected chi connectivity index (χ0v) is 35.3. The van der Waals surface area contributed by atoms with Gasteiger partial charge in [-0.3, -0.25) is 9.59 Å². The van der Waals surface area contributed by atoms with E-state index in [9.17, 15) is 14.7 Å². The van der Waals surface area contributed by atoms with E-state index in [0.29, 0.717) is 19.4 Å². The zero-order valence-electron chi connectivity index (χ0n) is 35.3. The van der Waals surface area contributed by atoms with E-state index in [1.165, 1.54) is 103 Å². The van der Waals surface area contributed by atoms with Crippen LogP contribution in [0.1, 0.15) is 227 Å². The van der Waals surface area contributed by atoms with Gasteiger partial charge < -0.3 is 24.2 Å². The molecule has 0 saturated heterocycles. The Morgan fingerprint density at radius 1 is 0.500 bits per heavy atom. The number of aliphatic hydroxyl groups is 1. The summed E-state index contributed by atoms with van der Waals surface area (Å²) in [5, 5.41) is 9.56. The second kappa shape index (κ2) is 41.0. The maximum atomic E-state index is 12.7. The molecule has 1 atom stereocenters. The van der Waals surface area contributed by atoms with Gasteiger partial charge in [-0.15, -0.1) is 0 Å². The van der Waals surface area contributed by atoms with Gasteiger partial charge in [0.05, 0.1) is 12.7 Å². The van der Waals surface area contributed by atoms with E-state index < -0.39 is 0 Å². The number of rotatable bonds is 42. The molecule has 1 unspecified atom stereocenters. The molecule has 0 fully saturated rings. The molecule has 0 aromatic carbocycles. The Labute approximate surface area is 323 Å². The predicted octanol–water partition coefficient (Wildman–Crippen LogP) is 12.3. The van der Waals surface area contributed by atoms with Crippen LogP contribution in [0.15, 0.2) is 0 Å². The summed E-state index contributed by atoms with van der Waals surface area (Å²) in [4.78, 5) is 27.3. The highest BCUT2D eigenvalue weighted by Gasteiger charge is 2.15. The standard InChI is InChI=1S/C45H89NO6/c1-5-8-10-12-18-25-33-43(34-26-19-13-11-9-6-2)52-45(49)36-27-20-16-21-29-37-46(39-40-47)38-30-23-28-35-44(48)51-42(4)32-24-17-14-15-22-31-41-50-7-3/h42-43,47H,5-41H2,1-4H3. The minimum atomic E-state index is -0.0648. The summed E-state index contributed by atoms with van der Waals surface area (Å²) in [6.45, 7) is 13.1. The molecule has 0 rings (SSSR count). The van der Waals surface area contributed by atoms with Gasteiger partial charge >= 0.3 is 11.9 Å². The molecule has 0 radical (unpaired) electrons. The van der Waals surface area contributed by atoms with Crippen molar-refractivity contribution in [1.29, 1.82) is 0 Å². The van der Waals surface area contributed by atoms with E-state index >= 15 is 0 Å². The first kappa shape index (κ1) is 50.8. The third-order valence-corrected chi connectivity index (χ3v) is 10.4. The molecule has 7 nitrogen and oxygen atoms in total. The van der Waals surface area contributed by atoms with E-state index in [1.54, 1.807) is 0 Å². The van der Waals surface area contributed by atoms with Gasteiger partial charge in [-0.25, -0.2) is 0 Å². The lowest BCUT2D eigenvalue weighted by atomic mass is 10.0. The van der Waals surface area contributed by atoms with Crippen molar-refractivity contribution < 1.29 is 28.9 Å². The Kier molecular flexibility index (Phi) is 40.1. The summed E-state index contributed by atoms with van der Waals surface area (Å²) < 4.78 is 17.0. The molecule has 310 valence electrons. The number of aliphatic hydroxyl groups excluding tert-OH is 1. The highest BCUT2D eigenvalue weighted by Crippen LogP contribution is 2.19. The first-order chi connectivity index (χ1) is 25.5. The number of ether oxygens (including phenoxy) is 3. The third-order valence-electron chi connectivity index (χ3n) is 10.4. The Hall–Kier alpha value is -1.18. The maximum absolute atomic E-state index is 12.7. The molecular weight excluding hydrogens is 650 g/mol. The van der Waals surface area contributed by atoms with Crippen molar-refractivity contribution in [1.82, 2.24) is 4.90 Å². The lowest BCUT2D eigenvalue weighted by Gasteiger charge is -2.21. The number of nitrogens with zero attached hydrogens (tertiary/aromatic N) is 1. The van der Waals surface area contributed by atoms with Crippen molar-refractivity contribution in [3.63, 3.8) is 0 Å². The smallest absolute Gasteiger partial charge is 0.306 e. The van der Waals surface area contributed by atoms with Gasteiger partial charge in [0, 0.05) is 32.6 Å². The van der Waals surface area contributed by atoms with Crippen molar-refractivity contribution in [2.75, 3.05) is 39.5 Å². The van der Waals surface area contributed by atoms with Crippen molar-refractivity contribution in [2.24, 2.45) is 0 Å². The fourth-order valence-electron chi connectivity index (χ4n) is 7.03. The molecular formula is C45H89NO6. The summed E-state index contributed by atoms with van der Waals surface area (Å²) in [6.07, 6.45) is 35.0. The van der Waals surface area contributed by atoms with E-state index in [4.69, 9.17) is 14.2 Å². The van der Waals surface area contributed by atoms with Gasteiger partial charge in [0.25, 0.3) is 0 Å². The highest BCUT2D eigenvalue weighted by molar-refractivity contribution is 5.69. The number of carbonyl (C=O) groups excluding carboxylic acids is 2. The van der Waals surface area contributed by atoms with Gasteiger partial charge in [-0.05, 0) is 97.6 Å². The van der Waals surface area contributed by atoms with Crippen LogP contribution in [0, 0.1) is 0 Å². The van der Waals surface area contributed by atoms with Crippen LogP contribution in [0.4, 0.5) is 0 Å². The van der Waals surface area contributed by atoms with Gasteiger partial charge in [0.1, 0.15) is 6.10 Å². The van der Waals surface area contributed by atoms with E-state index in [2.05, 4.69) is 18.7 Å². The van der Waals surface area contributed by atoms with Crippen molar-refractivity contribution >= 4 is 11.9 Å². The summed E-state index contributed by atoms with van der Waals surface area (Å²) >= 11 is 0. The molecule has 0 heterocycles. The minimum Gasteiger partial charge on any atom is -0.463 e. The average Bonchev–Trinajstić information content (AvgIpc) is 3.12. The molecule has 0 saturated carbocycles. The number of hydrogen-bond acceptors (Lipinski definition) is 7. The van der Waals surface area contributed by atoms with E-state index in [1.807, 2.05) is 13.8 Å². The quantitative estimate of drug-likeness (QED) is 0.0493. The highest BCUT2D eigenvalue weighted by atomic mass is 16.5. The number of hydrogen-bond donors (Lipinski definition) is 1. The van der Waals surface area contributed by atoms with Gasteiger partial charge in [-0.1, -0.05) is 129 Å². The normalized spacial score (nSPS) is 12.2. The Morgan fingerprint density at radius 3 is 1.44 bits per heavy atom. The first-order valence-electron chi connectivity index (χ1n) is 22.8. The molecule has 0 bridgehead atoms. The van der Waals surface area contributed by atoms with Crippen LogP contribution in [-0.4, -0.2) is 73.6 Å². The van der Waals surface area contributed by atoms with Gasteiger partial charge in [0.2, 0.25) is 0 Å². The van der Waals surface area contributed by atoms with Crippen molar-refractivity contribution in [3.8, 4) is 0 Å². The van der Waals surface area contributed by atoms with Crippen LogP contribution in [-0.2, 0) is 23.8 Å². The van der Waals surface area contributed by atoms with Crippen LogP contribution < -0.4 is 0 Å².